The number of guanidine groups is 7. The summed E-state index contributed by atoms with van der Waals surface area (Å²) in [5.41, 5.74) is 55.9. The molecule has 0 spiro atoms. The van der Waals surface area contributed by atoms with Crippen molar-refractivity contribution in [3.63, 3.8) is 0 Å². The number of thioether (sulfide) groups is 1. The van der Waals surface area contributed by atoms with Crippen molar-refractivity contribution in [2.75, 3.05) is 84.1 Å². The van der Waals surface area contributed by atoms with Crippen LogP contribution in [0.2, 0.25) is 0 Å². The molecule has 838 valence electrons. The fourth-order valence-corrected chi connectivity index (χ4v) is 14.8. The number of carbonyl (C=O) groups excluding carboxylic acids is 16. The largest absolute Gasteiger partial charge is 0.481 e. The second-order valence-corrected chi connectivity index (χ2v) is 36.1. The molecule has 0 unspecified atom stereocenters. The first-order valence-electron chi connectivity index (χ1n) is 48.2. The van der Waals surface area contributed by atoms with Gasteiger partial charge >= 0.3 is 11.9 Å². The Labute approximate surface area is 860 Å². The third kappa shape index (κ3) is 58.9. The van der Waals surface area contributed by atoms with Crippen LogP contribution in [0, 0.1) is 49.7 Å². The van der Waals surface area contributed by atoms with E-state index in [1.807, 2.05) is 0 Å². The molecule has 0 aliphatic carbocycles. The van der Waals surface area contributed by atoms with Gasteiger partial charge in [-0.1, -0.05) is 27.7 Å². The number of carbonyl (C=O) groups is 19. The molecule has 1 saturated heterocycles. The quantitative estimate of drug-likeness (QED) is 0.0153. The Morgan fingerprint density at radius 1 is 0.351 bits per heavy atom. The molecule has 1 rings (SSSR count). The first-order chi connectivity index (χ1) is 69.6. The van der Waals surface area contributed by atoms with Gasteiger partial charge in [0, 0.05) is 72.1 Å². The Balaban J connectivity index is 0.0000530. The normalized spacial score (nSPS) is 14.7. The number of aliphatic carboxylic acids is 3. The number of carboxylic acids is 3. The monoisotopic (exact) mass is 2130 g/mol. The SMILES string of the molecule is CC(=O)O.CSCC[C@H](NC(=O)[C@H](CCCNC(=N)N)NC(=O)[C@@H](N)CCC(=O)O)C(=O)N[C@@H](CCCNC(=N)N)C(=O)N1CCC[C@H]1C(=O)N[C@@H](CCCNC(=N)N)C(=O)N[C@@H](CCCCN)C(=O)N[C@@H](CCCNC(=N)N)C(=O)N[C@@H](CCC(N)=O)C(=O)NCC(=O)N[C@@H](CO)C(=O)N[C@H](C(=O)N[C@@H](CCCNC(=N)N)C(=O)N[C@@H](CCCNC(=N)N)C(=O)N[C@@H](CCCNC(=N)N)C(=O)N[C@H](C(=O)O)C(C)C)C(C)C. The number of primary amides is 1. The van der Waals surface area contributed by atoms with Crippen molar-refractivity contribution >= 4 is 166 Å². The van der Waals surface area contributed by atoms with E-state index < -0.39 is 283 Å². The van der Waals surface area contributed by atoms with E-state index in [1.54, 1.807) is 6.26 Å². The minimum absolute atomic E-state index is 0.00392. The number of aliphatic hydroxyl groups is 1. The number of likely N-dealkylation sites (tertiary alicyclic amines) is 1. The number of unbranched alkanes of at least 4 members (excludes halogenated alkanes) is 1. The number of aliphatic hydroxyl groups excluding tert-OH is 1. The number of nitrogens with zero attached hydrogens (tertiary/aromatic N) is 1. The molecule has 1 fully saturated rings. The van der Waals surface area contributed by atoms with Gasteiger partial charge in [0.2, 0.25) is 94.5 Å². The summed E-state index contributed by atoms with van der Waals surface area (Å²) in [7, 11) is 0. The van der Waals surface area contributed by atoms with E-state index in [2.05, 4.69) is 112 Å². The lowest BCUT2D eigenvalue weighted by atomic mass is 10.0. The summed E-state index contributed by atoms with van der Waals surface area (Å²) in [6.45, 7) is 4.94. The average Bonchev–Trinajstić information content (AvgIpc) is 1.67. The first-order valence-corrected chi connectivity index (χ1v) is 49.6. The van der Waals surface area contributed by atoms with E-state index in [9.17, 15) is 96.8 Å². The van der Waals surface area contributed by atoms with Crippen LogP contribution in [-0.4, -0.2) is 354 Å². The lowest BCUT2D eigenvalue weighted by Gasteiger charge is -2.31. The highest BCUT2D eigenvalue weighted by molar-refractivity contribution is 7.98. The van der Waals surface area contributed by atoms with Crippen LogP contribution in [0.4, 0.5) is 0 Å². The second-order valence-electron chi connectivity index (χ2n) is 35.1. The number of rotatable bonds is 74. The molecule has 0 radical (unpaired) electrons. The van der Waals surface area contributed by atoms with Gasteiger partial charge in [-0.15, -0.1) is 0 Å². The van der Waals surface area contributed by atoms with Crippen molar-refractivity contribution in [2.45, 2.75) is 279 Å². The molecule has 1 aliphatic heterocycles. The molecule has 0 bridgehead atoms. The maximum atomic E-state index is 15.0. The van der Waals surface area contributed by atoms with Gasteiger partial charge in [-0.05, 0) is 172 Å². The van der Waals surface area contributed by atoms with Crippen molar-refractivity contribution in [2.24, 2.45) is 69.2 Å². The van der Waals surface area contributed by atoms with E-state index in [-0.39, 0.29) is 205 Å². The lowest BCUT2D eigenvalue weighted by Crippen LogP contribution is -2.61. The van der Waals surface area contributed by atoms with Gasteiger partial charge in [0.1, 0.15) is 84.6 Å². The summed E-state index contributed by atoms with van der Waals surface area (Å²) in [4.78, 5) is 261. The van der Waals surface area contributed by atoms with Crippen molar-refractivity contribution < 1.29 is 112 Å². The highest BCUT2D eigenvalue weighted by atomic mass is 32.2. The Hall–Kier alpha value is -14.9. The van der Waals surface area contributed by atoms with Gasteiger partial charge in [-0.2, -0.15) is 11.8 Å². The van der Waals surface area contributed by atoms with E-state index in [0.717, 1.165) is 6.92 Å². The predicted octanol–water partition coefficient (Wildman–Crippen LogP) is -12.9. The Bertz CT molecular complexity index is 4420. The number of nitrogens with two attached hydrogens (primary N) is 10. The highest BCUT2D eigenvalue weighted by Gasteiger charge is 2.43. The first kappa shape index (κ1) is 133. The molecular weight excluding hydrogens is 1970 g/mol. The lowest BCUT2D eigenvalue weighted by molar-refractivity contribution is -0.143. The van der Waals surface area contributed by atoms with E-state index in [4.69, 9.17) is 105 Å². The second kappa shape index (κ2) is 74.0. The zero-order valence-electron chi connectivity index (χ0n) is 84.4. The number of hydrogen-bond donors (Lipinski definition) is 42. The molecule has 1 heterocycles. The van der Waals surface area contributed by atoms with Gasteiger partial charge in [0.15, 0.2) is 41.7 Å². The van der Waals surface area contributed by atoms with Crippen LogP contribution in [0.1, 0.15) is 189 Å². The van der Waals surface area contributed by atoms with Crippen molar-refractivity contribution in [1.29, 1.82) is 37.9 Å². The van der Waals surface area contributed by atoms with Crippen LogP contribution >= 0.6 is 11.8 Å². The van der Waals surface area contributed by atoms with E-state index in [0.29, 0.717) is 0 Å². The van der Waals surface area contributed by atoms with Crippen LogP contribution in [0.5, 0.6) is 0 Å². The van der Waals surface area contributed by atoms with E-state index in [1.165, 1.54) is 44.4 Å². The minimum atomic E-state index is -1.89. The van der Waals surface area contributed by atoms with Gasteiger partial charge in [0.25, 0.3) is 5.97 Å². The van der Waals surface area contributed by atoms with Crippen LogP contribution in [0.25, 0.3) is 0 Å². The molecule has 16 amide bonds. The molecular formula is C85H159N39O23S. The van der Waals surface area contributed by atoms with Crippen molar-refractivity contribution in [3.05, 3.63) is 0 Å². The fraction of sp³-hybridized carbons (Fsp3) is 0.694. The maximum absolute atomic E-state index is 15.0. The van der Waals surface area contributed by atoms with Gasteiger partial charge in [-0.25, -0.2) is 4.79 Å². The molecule has 62 nitrogen and oxygen atoms in total. The van der Waals surface area contributed by atoms with Crippen LogP contribution in [0.3, 0.4) is 0 Å². The molecule has 148 heavy (non-hydrogen) atoms. The molecule has 1 aliphatic rings. The Morgan fingerprint density at radius 2 is 0.649 bits per heavy atom. The number of carboxylic acid groups (broad SMARTS) is 3. The zero-order valence-corrected chi connectivity index (χ0v) is 85.3. The van der Waals surface area contributed by atoms with Crippen LogP contribution in [0.15, 0.2) is 0 Å². The van der Waals surface area contributed by atoms with Gasteiger partial charge in [-0.3, -0.25) is 124 Å². The van der Waals surface area contributed by atoms with Gasteiger partial charge in [0.05, 0.1) is 19.2 Å². The van der Waals surface area contributed by atoms with Crippen molar-refractivity contribution in [3.8, 4) is 0 Å². The summed E-state index contributed by atoms with van der Waals surface area (Å²) < 4.78 is 0. The smallest absolute Gasteiger partial charge is 0.326 e. The molecule has 0 aromatic rings. The number of amides is 16. The summed E-state index contributed by atoms with van der Waals surface area (Å²) in [5.74, 6) is -23.5. The summed E-state index contributed by atoms with van der Waals surface area (Å²) >= 11 is 1.30. The van der Waals surface area contributed by atoms with E-state index >= 15 is 4.79 Å². The molecule has 0 aromatic heterocycles. The molecule has 15 atom stereocenters. The third-order valence-electron chi connectivity index (χ3n) is 22.0. The summed E-state index contributed by atoms with van der Waals surface area (Å²) in [6.07, 6.45) is -0.780. The van der Waals surface area contributed by atoms with Crippen LogP contribution in [-0.2, 0) is 91.1 Å². The zero-order chi connectivity index (χ0) is 112. The molecule has 63 heteroatoms. The predicted molar refractivity (Wildman–Crippen MR) is 544 cm³/mol. The summed E-state index contributed by atoms with van der Waals surface area (Å²) in [6, 6.07) is -22.9. The molecule has 52 N–H and O–H groups in total. The third-order valence-corrected chi connectivity index (χ3v) is 22.7. The Morgan fingerprint density at radius 3 is 0.966 bits per heavy atom. The minimum Gasteiger partial charge on any atom is -0.481 e. The molecule has 0 saturated carbocycles. The topological polar surface area (TPSA) is 1090 Å². The standard InChI is InChI=1S/C83H155N39O21S.C2H4O2/c1-42(2)60(74(140)118-50(21-12-35-105-81(95)96)69(135)113-47(18-9-32-102-78(89)90)66(132)114-51(22-13-36-106-82(97)98)71(137)121-61(43(3)4)76(142)143)120-72(138)55(41-123)109-58(125)40-108-63(129)52(26-27-57(86)124)115-67(133)48(19-10-33-103-79(91)92)112-64(130)45(16-6-7-30-84)111-68(134)49(20-11-34-104-80(93)94)117-73(139)56-24-15-38-122(56)75(141)54(23-14-37-107-83(99)100)119-70(136)53(29-39-144-5)116-65(131)46(17-8-31-101-77(87)88)110-62(128)44(85)25-28-59(126)127;1-2(3)4/h42-56,60-61,123H,6-41,84-85H2,1-5H3,(H2,86,124)(H,108,129)(H,109,125)(H,110,128)(H,111,134)(H,112,130)(H,113,135)(H,114,132)(H,115,133)(H,116,131)(H,117,139)(H,118,140)(H,119,136)(H,120,138)(H,121,137)(H,126,127)(H,142,143)(H4,87,88,101)(H4,89,90,102)(H4,91,92,103)(H4,93,94,104)(H4,95,96,105)(H4,97,98,106)(H4,99,100,107);1H3,(H,3,4)/t44-,45-,46-,47-,48-,49-,50-,51-,52-,53-,54-,55-,56-,60-,61-;/m0./s1. The summed E-state index contributed by atoms with van der Waals surface area (Å²) in [5, 5.41) is 144. The van der Waals surface area contributed by atoms with Crippen LogP contribution < -0.4 is 169 Å². The highest BCUT2D eigenvalue weighted by Crippen LogP contribution is 2.22. The Kier molecular flexibility index (Phi) is 66.5. The number of nitrogens with one attached hydrogen (secondary N) is 28. The number of hydrogen-bond acceptors (Lipinski definition) is 30. The average molecular weight is 2130 g/mol. The maximum Gasteiger partial charge on any atom is 0.326 e. The van der Waals surface area contributed by atoms with Crippen molar-refractivity contribution in [1.82, 2.24) is 117 Å². The van der Waals surface area contributed by atoms with Gasteiger partial charge < -0.3 is 194 Å². The molecule has 0 aromatic carbocycles. The fourth-order valence-electron chi connectivity index (χ4n) is 14.3.